The summed E-state index contributed by atoms with van der Waals surface area (Å²) in [5.74, 6) is 0. The van der Waals surface area contributed by atoms with E-state index in [0.29, 0.717) is 0 Å². The molecule has 0 fully saturated rings. The fourth-order valence-electron chi connectivity index (χ4n) is 11.0. The molecule has 0 N–H and O–H groups in total. The molecule has 326 valence electrons. The predicted octanol–water partition coefficient (Wildman–Crippen LogP) is 19.6. The molecule has 0 saturated carbocycles. The van der Waals surface area contributed by atoms with Crippen molar-refractivity contribution in [1.29, 1.82) is 0 Å². The van der Waals surface area contributed by atoms with Gasteiger partial charge in [0.05, 0.1) is 0 Å². The summed E-state index contributed by atoms with van der Waals surface area (Å²) in [6, 6.07) is 103. The first-order valence-corrected chi connectivity index (χ1v) is 24.2. The van der Waals surface area contributed by atoms with E-state index in [1.54, 1.807) is 0 Å². The quantitative estimate of drug-likeness (QED) is 0.133. The highest BCUT2D eigenvalue weighted by Crippen LogP contribution is 2.50. The minimum absolute atomic E-state index is 1.18. The van der Waals surface area contributed by atoms with Crippen molar-refractivity contribution in [2.24, 2.45) is 0 Å². The molecule has 70 heavy (non-hydrogen) atoms. The van der Waals surface area contributed by atoms with Crippen molar-refractivity contribution in [2.45, 2.75) is 0 Å². The number of fused-ring (bicyclic) bond motifs is 4. The molecule has 0 spiro atoms. The summed E-state index contributed by atoms with van der Waals surface area (Å²) in [4.78, 5) is 0. The predicted molar refractivity (Wildman–Crippen MR) is 300 cm³/mol. The van der Waals surface area contributed by atoms with Crippen molar-refractivity contribution in [3.63, 3.8) is 0 Å². The summed E-state index contributed by atoms with van der Waals surface area (Å²) < 4.78 is 0. The number of benzene rings is 13. The normalized spacial score (nSPS) is 11.4. The van der Waals surface area contributed by atoms with E-state index < -0.39 is 0 Å². The maximum absolute atomic E-state index is 2.51. The smallest absolute Gasteiger partial charge is 0.00257 e. The van der Waals surface area contributed by atoms with Crippen LogP contribution in [0.25, 0.3) is 132 Å². The summed E-state index contributed by atoms with van der Waals surface area (Å²) in [6.45, 7) is 0. The molecule has 0 nitrogen and oxygen atoms in total. The zero-order valence-electron chi connectivity index (χ0n) is 38.6. The van der Waals surface area contributed by atoms with Crippen LogP contribution in [0.15, 0.2) is 279 Å². The molecule has 0 saturated heterocycles. The first-order valence-electron chi connectivity index (χ1n) is 24.2. The summed E-state index contributed by atoms with van der Waals surface area (Å²) in [6.07, 6.45) is 0. The van der Waals surface area contributed by atoms with Gasteiger partial charge in [-0.25, -0.2) is 0 Å². The lowest BCUT2D eigenvalue weighted by atomic mass is 9.81. The molecule has 0 aliphatic rings. The number of hydrogen-bond acceptors (Lipinski definition) is 0. The van der Waals surface area contributed by atoms with Gasteiger partial charge in [0.1, 0.15) is 0 Å². The van der Waals surface area contributed by atoms with E-state index in [-0.39, 0.29) is 0 Å². The van der Waals surface area contributed by atoms with Crippen LogP contribution in [0.2, 0.25) is 0 Å². The van der Waals surface area contributed by atoms with Crippen molar-refractivity contribution in [3.8, 4) is 89.0 Å². The monoisotopic (exact) mass is 886 g/mol. The molecule has 0 heteroatoms. The van der Waals surface area contributed by atoms with Crippen molar-refractivity contribution < 1.29 is 0 Å². The molecule has 0 unspecified atom stereocenters. The van der Waals surface area contributed by atoms with Crippen LogP contribution in [-0.4, -0.2) is 0 Å². The molecular weight excluding hydrogens is 841 g/mol. The topological polar surface area (TPSA) is 0 Å². The molecule has 0 amide bonds. The Morgan fingerprint density at radius 1 is 0.114 bits per heavy atom. The van der Waals surface area contributed by atoms with Crippen molar-refractivity contribution in [3.05, 3.63) is 279 Å². The van der Waals surface area contributed by atoms with Crippen LogP contribution in [0, 0.1) is 0 Å². The molecule has 0 aliphatic carbocycles. The highest BCUT2D eigenvalue weighted by atomic mass is 14.3. The van der Waals surface area contributed by atoms with Crippen LogP contribution >= 0.6 is 0 Å². The third-order valence-electron chi connectivity index (χ3n) is 14.2. The Balaban J connectivity index is 1.17. The Kier molecular flexibility index (Phi) is 10.3. The van der Waals surface area contributed by atoms with Gasteiger partial charge in [0, 0.05) is 0 Å². The summed E-state index contributed by atoms with van der Waals surface area (Å²) >= 11 is 0. The van der Waals surface area contributed by atoms with Crippen molar-refractivity contribution in [2.75, 3.05) is 0 Å². The van der Waals surface area contributed by atoms with Gasteiger partial charge in [0.15, 0.2) is 0 Å². The molecule has 0 heterocycles. The Bertz CT molecular complexity index is 3890. The Labute approximate surface area is 409 Å². The Hall–Kier alpha value is -9.10. The van der Waals surface area contributed by atoms with E-state index >= 15 is 0 Å². The molecule has 13 aromatic rings. The van der Waals surface area contributed by atoms with E-state index in [0.717, 1.165) is 0 Å². The fraction of sp³-hybridized carbons (Fsp3) is 0. The van der Waals surface area contributed by atoms with E-state index in [1.807, 2.05) is 0 Å². The standard InChI is InChI=1S/C70H46/c1-6-22-47(23-7-1)53-40-54(48-24-8-2-9-25-48)43-57(42-53)69-63-36-20-21-37-64(63)70(58-44-55(49-26-10-3-11-27-49)41-56(45-58)50-28-12-4-13-29-50)66-46-52(38-39-65(66)69)68-61-34-18-16-32-59(61)67(51-30-14-5-15-31-51)60-33-17-19-35-62(60)68/h1-46H. The minimum atomic E-state index is 1.18. The van der Waals surface area contributed by atoms with Gasteiger partial charge in [0.2, 0.25) is 0 Å². The zero-order chi connectivity index (χ0) is 46.4. The number of hydrogen-bond donors (Lipinski definition) is 0. The molecule has 0 aromatic heterocycles. The molecule has 13 rings (SSSR count). The summed E-state index contributed by atoms with van der Waals surface area (Å²) in [5, 5.41) is 9.82. The largest absolute Gasteiger partial charge is 0.0622 e. The van der Waals surface area contributed by atoms with Crippen molar-refractivity contribution >= 4 is 43.1 Å². The highest BCUT2D eigenvalue weighted by molar-refractivity contribution is 6.25. The second-order valence-electron chi connectivity index (χ2n) is 18.3. The maximum Gasteiger partial charge on any atom is -0.00257 e. The maximum atomic E-state index is 2.51. The van der Waals surface area contributed by atoms with Gasteiger partial charge >= 0.3 is 0 Å². The second-order valence-corrected chi connectivity index (χ2v) is 18.3. The second kappa shape index (κ2) is 17.5. The van der Waals surface area contributed by atoms with Crippen LogP contribution in [0.4, 0.5) is 0 Å². The summed E-state index contributed by atoms with van der Waals surface area (Å²) in [7, 11) is 0. The molecule has 0 aliphatic heterocycles. The Morgan fingerprint density at radius 2 is 0.343 bits per heavy atom. The van der Waals surface area contributed by atoms with Crippen LogP contribution in [0.3, 0.4) is 0 Å². The lowest BCUT2D eigenvalue weighted by Gasteiger charge is -2.22. The van der Waals surface area contributed by atoms with Gasteiger partial charge < -0.3 is 0 Å². The third kappa shape index (κ3) is 7.26. The average molecular weight is 887 g/mol. The van der Waals surface area contributed by atoms with Gasteiger partial charge in [-0.05, 0) is 175 Å². The van der Waals surface area contributed by atoms with E-state index in [1.165, 1.54) is 132 Å². The SMILES string of the molecule is c1ccc(-c2cc(-c3ccccc3)cc(-c3c4ccccc4c(-c4cc(-c5ccccc5)cc(-c5ccccc5)c4)c4cc(-c5c6ccccc6c(-c6ccccc6)c6ccccc56)ccc34)c2)cc1. The fourth-order valence-corrected chi connectivity index (χ4v) is 11.0. The highest BCUT2D eigenvalue weighted by Gasteiger charge is 2.22. The minimum Gasteiger partial charge on any atom is -0.0622 e. The van der Waals surface area contributed by atoms with E-state index in [4.69, 9.17) is 0 Å². The molecule has 13 aromatic carbocycles. The van der Waals surface area contributed by atoms with E-state index in [2.05, 4.69) is 279 Å². The van der Waals surface area contributed by atoms with Crippen LogP contribution in [-0.2, 0) is 0 Å². The van der Waals surface area contributed by atoms with Crippen LogP contribution in [0.5, 0.6) is 0 Å². The van der Waals surface area contributed by atoms with Crippen molar-refractivity contribution in [1.82, 2.24) is 0 Å². The average Bonchev–Trinajstić information content (AvgIpc) is 3.44. The van der Waals surface area contributed by atoms with Gasteiger partial charge in [-0.2, -0.15) is 0 Å². The molecule has 0 atom stereocenters. The van der Waals surface area contributed by atoms with Gasteiger partial charge in [-0.15, -0.1) is 0 Å². The van der Waals surface area contributed by atoms with Gasteiger partial charge in [0.25, 0.3) is 0 Å². The lowest BCUT2D eigenvalue weighted by Crippen LogP contribution is -1.95. The first kappa shape index (κ1) is 41.1. The Morgan fingerprint density at radius 3 is 0.671 bits per heavy atom. The van der Waals surface area contributed by atoms with E-state index in [9.17, 15) is 0 Å². The van der Waals surface area contributed by atoms with Gasteiger partial charge in [-0.1, -0.05) is 237 Å². The molecular formula is C70H46. The first-order chi connectivity index (χ1) is 34.7. The lowest BCUT2D eigenvalue weighted by molar-refractivity contribution is 1.57. The zero-order valence-corrected chi connectivity index (χ0v) is 38.6. The third-order valence-corrected chi connectivity index (χ3v) is 14.2. The van der Waals surface area contributed by atoms with Crippen LogP contribution in [0.1, 0.15) is 0 Å². The summed E-state index contributed by atoms with van der Waals surface area (Å²) in [5.41, 5.74) is 19.3. The molecule has 0 bridgehead atoms. The number of rotatable bonds is 8. The van der Waals surface area contributed by atoms with Crippen LogP contribution < -0.4 is 0 Å². The molecule has 0 radical (unpaired) electrons. The van der Waals surface area contributed by atoms with Gasteiger partial charge in [-0.3, -0.25) is 0 Å².